The lowest BCUT2D eigenvalue weighted by Gasteiger charge is -2.24. The van der Waals surface area contributed by atoms with E-state index in [0.29, 0.717) is 5.92 Å². The van der Waals surface area contributed by atoms with Crippen LogP contribution in [0.3, 0.4) is 0 Å². The number of rotatable bonds is 3. The largest absolute Gasteiger partial charge is 0.313 e. The molecular weight excluding hydrogens is 484 g/mol. The van der Waals surface area contributed by atoms with Gasteiger partial charge < -0.3 is 9.13 Å². The van der Waals surface area contributed by atoms with E-state index in [2.05, 4.69) is 150 Å². The van der Waals surface area contributed by atoms with E-state index in [0.717, 1.165) is 6.42 Å². The molecule has 40 heavy (non-hydrogen) atoms. The quantitative estimate of drug-likeness (QED) is 0.222. The zero-order chi connectivity index (χ0) is 26.8. The normalized spacial score (nSPS) is 16.9. The van der Waals surface area contributed by atoms with Gasteiger partial charge in [0.05, 0.1) is 22.2 Å². The molecule has 0 N–H and O–H groups in total. The third-order valence-electron chi connectivity index (χ3n) is 8.73. The predicted octanol–water partition coefficient (Wildman–Crippen LogP) is 10.1. The summed E-state index contributed by atoms with van der Waals surface area (Å²) in [4.78, 5) is 0. The molecule has 0 fully saturated rings. The van der Waals surface area contributed by atoms with Crippen molar-refractivity contribution in [1.29, 1.82) is 0 Å². The van der Waals surface area contributed by atoms with Gasteiger partial charge in [-0.25, -0.2) is 0 Å². The van der Waals surface area contributed by atoms with Crippen LogP contribution < -0.4 is 0 Å². The number of aromatic nitrogens is 2. The Morgan fingerprint density at radius 3 is 2.38 bits per heavy atom. The Balaban J connectivity index is 1.54. The van der Waals surface area contributed by atoms with E-state index in [1.807, 2.05) is 0 Å². The molecule has 2 heteroatoms. The van der Waals surface area contributed by atoms with Gasteiger partial charge in [-0.05, 0) is 61.6 Å². The second kappa shape index (κ2) is 8.86. The fourth-order valence-corrected chi connectivity index (χ4v) is 7.03. The average Bonchev–Trinajstić information content (AvgIpc) is 3.48. The van der Waals surface area contributed by atoms with Crippen LogP contribution in [-0.2, 0) is 0 Å². The molecule has 2 nitrogen and oxygen atoms in total. The third-order valence-corrected chi connectivity index (χ3v) is 8.73. The molecule has 0 spiro atoms. The van der Waals surface area contributed by atoms with Crippen molar-refractivity contribution >= 4 is 55.3 Å². The Morgan fingerprint density at radius 1 is 0.725 bits per heavy atom. The molecule has 2 heterocycles. The number of allylic oxidation sites excluding steroid dienone is 9. The molecule has 0 saturated carbocycles. The van der Waals surface area contributed by atoms with E-state index in [9.17, 15) is 0 Å². The number of benzene rings is 4. The van der Waals surface area contributed by atoms with E-state index in [1.165, 1.54) is 71.7 Å². The van der Waals surface area contributed by atoms with Gasteiger partial charge in [-0.15, -0.1) is 0 Å². The molecule has 0 radical (unpaired) electrons. The van der Waals surface area contributed by atoms with Crippen LogP contribution in [0.25, 0.3) is 60.9 Å². The van der Waals surface area contributed by atoms with Gasteiger partial charge in [0, 0.05) is 44.4 Å². The van der Waals surface area contributed by atoms with Crippen molar-refractivity contribution in [3.8, 4) is 5.69 Å². The van der Waals surface area contributed by atoms with Crippen LogP contribution in [0.15, 0.2) is 127 Å². The summed E-state index contributed by atoms with van der Waals surface area (Å²) in [6.45, 7) is 4.40. The molecule has 2 aliphatic rings. The monoisotopic (exact) mass is 514 g/mol. The van der Waals surface area contributed by atoms with Crippen LogP contribution in [0.5, 0.6) is 0 Å². The van der Waals surface area contributed by atoms with Gasteiger partial charge in [-0.1, -0.05) is 97.1 Å². The first-order valence-electron chi connectivity index (χ1n) is 14.2. The fraction of sp³-hybridized carbons (Fsp3) is 0.105. The maximum absolute atomic E-state index is 2.50. The van der Waals surface area contributed by atoms with Gasteiger partial charge >= 0.3 is 0 Å². The van der Waals surface area contributed by atoms with Crippen molar-refractivity contribution in [1.82, 2.24) is 9.13 Å². The van der Waals surface area contributed by atoms with Crippen molar-refractivity contribution in [2.75, 3.05) is 0 Å². The SMILES string of the molecule is C/C=C\c1c(C)n(C2=C3C=CC=CC3CC=C2)c2ccc3c(c4ccccc4n3-c3cccc4ccccc34)c12. The zero-order valence-electron chi connectivity index (χ0n) is 22.8. The first-order chi connectivity index (χ1) is 19.8. The lowest BCUT2D eigenvalue weighted by atomic mass is 9.86. The van der Waals surface area contributed by atoms with Crippen molar-refractivity contribution in [2.45, 2.75) is 20.3 Å². The maximum Gasteiger partial charge on any atom is 0.0549 e. The summed E-state index contributed by atoms with van der Waals surface area (Å²) in [5.41, 5.74) is 10.2. The molecule has 0 aliphatic heterocycles. The molecule has 2 aromatic heterocycles. The zero-order valence-corrected chi connectivity index (χ0v) is 22.8. The Bertz CT molecular complexity index is 2150. The smallest absolute Gasteiger partial charge is 0.0549 e. The minimum Gasteiger partial charge on any atom is -0.313 e. The van der Waals surface area contributed by atoms with E-state index >= 15 is 0 Å². The van der Waals surface area contributed by atoms with Crippen molar-refractivity contribution in [2.24, 2.45) is 5.92 Å². The van der Waals surface area contributed by atoms with Gasteiger partial charge in [0.2, 0.25) is 0 Å². The Morgan fingerprint density at radius 2 is 1.50 bits per heavy atom. The van der Waals surface area contributed by atoms with Crippen molar-refractivity contribution < 1.29 is 0 Å². The third kappa shape index (κ3) is 3.17. The molecule has 1 unspecified atom stereocenters. The predicted molar refractivity (Wildman–Crippen MR) is 172 cm³/mol. The van der Waals surface area contributed by atoms with E-state index in [4.69, 9.17) is 0 Å². The van der Waals surface area contributed by atoms with Gasteiger partial charge in [0.25, 0.3) is 0 Å². The van der Waals surface area contributed by atoms with Crippen molar-refractivity contribution in [3.63, 3.8) is 0 Å². The second-order valence-electron chi connectivity index (χ2n) is 10.9. The van der Waals surface area contributed by atoms with E-state index < -0.39 is 0 Å². The highest BCUT2D eigenvalue weighted by Gasteiger charge is 2.25. The molecule has 4 aromatic carbocycles. The highest BCUT2D eigenvalue weighted by atomic mass is 15.0. The summed E-state index contributed by atoms with van der Waals surface area (Å²) in [5.74, 6) is 0.434. The second-order valence-corrected chi connectivity index (χ2v) is 10.9. The van der Waals surface area contributed by atoms with Gasteiger partial charge in [-0.3, -0.25) is 0 Å². The van der Waals surface area contributed by atoms with E-state index in [-0.39, 0.29) is 0 Å². The Kier molecular flexibility index (Phi) is 5.12. The number of nitrogens with zero attached hydrogens (tertiary/aromatic N) is 2. The standard InChI is InChI=1S/C38H30N2/c1-3-12-28-25(2)39(32-21-10-15-26-13-4-6-17-29(26)32)35-23-24-36-38(37(28)35)31-19-8-9-20-34(31)40(36)33-22-11-16-27-14-5-7-18-30(27)33/h3-14,16-24,26H,15H2,1-2H3/b12-3-. The summed E-state index contributed by atoms with van der Waals surface area (Å²) in [6.07, 6.45) is 19.2. The molecule has 8 rings (SSSR count). The van der Waals surface area contributed by atoms with Crippen LogP contribution in [0.4, 0.5) is 0 Å². The van der Waals surface area contributed by atoms with Crippen molar-refractivity contribution in [3.05, 3.63) is 138 Å². The Labute approximate surface area is 234 Å². The first-order valence-corrected chi connectivity index (χ1v) is 14.2. The molecule has 6 aromatic rings. The number of para-hydroxylation sites is 1. The molecule has 0 saturated heterocycles. The summed E-state index contributed by atoms with van der Waals surface area (Å²) in [6, 6.07) is 28.9. The number of hydrogen-bond acceptors (Lipinski definition) is 0. The van der Waals surface area contributed by atoms with Crippen LogP contribution in [0, 0.1) is 12.8 Å². The molecule has 2 aliphatic carbocycles. The van der Waals surface area contributed by atoms with Gasteiger partial charge in [0.1, 0.15) is 0 Å². The fourth-order valence-electron chi connectivity index (χ4n) is 7.03. The molecule has 0 amide bonds. The lowest BCUT2D eigenvalue weighted by Crippen LogP contribution is -2.11. The minimum atomic E-state index is 0.434. The molecule has 192 valence electrons. The van der Waals surface area contributed by atoms with Crippen LogP contribution in [0.1, 0.15) is 24.6 Å². The minimum absolute atomic E-state index is 0.434. The Hall–Kier alpha value is -4.82. The van der Waals surface area contributed by atoms with Gasteiger partial charge in [0.15, 0.2) is 0 Å². The molecule has 0 bridgehead atoms. The lowest BCUT2D eigenvalue weighted by molar-refractivity contribution is 0.773. The van der Waals surface area contributed by atoms with Crippen LogP contribution in [0.2, 0.25) is 0 Å². The first kappa shape index (κ1) is 23.1. The number of fused-ring (bicyclic) bond motifs is 7. The summed E-state index contributed by atoms with van der Waals surface area (Å²) in [5, 5.41) is 6.44. The average molecular weight is 515 g/mol. The molecule has 1 atom stereocenters. The summed E-state index contributed by atoms with van der Waals surface area (Å²) in [7, 11) is 0. The highest BCUT2D eigenvalue weighted by Crippen LogP contribution is 2.44. The van der Waals surface area contributed by atoms with Crippen LogP contribution in [-0.4, -0.2) is 9.13 Å². The summed E-state index contributed by atoms with van der Waals surface area (Å²) >= 11 is 0. The summed E-state index contributed by atoms with van der Waals surface area (Å²) < 4.78 is 4.96. The topological polar surface area (TPSA) is 9.86 Å². The highest BCUT2D eigenvalue weighted by molar-refractivity contribution is 6.24. The van der Waals surface area contributed by atoms with E-state index in [1.54, 1.807) is 0 Å². The maximum atomic E-state index is 2.50. The molecular formula is C38H30N2. The van der Waals surface area contributed by atoms with Gasteiger partial charge in [-0.2, -0.15) is 0 Å². The van der Waals surface area contributed by atoms with Crippen LogP contribution >= 0.6 is 0 Å². The number of hydrogen-bond donors (Lipinski definition) is 0.